The molecule has 1 aromatic heterocycles. The molecule has 2 amide bonds. The van der Waals surface area contributed by atoms with E-state index in [1.54, 1.807) is 6.92 Å². The smallest absolute Gasteiger partial charge is 0.226 e. The highest BCUT2D eigenvalue weighted by Gasteiger charge is 2.47. The number of carbonyl (C=O) groups is 2. The van der Waals surface area contributed by atoms with Crippen LogP contribution in [0.4, 0.5) is 0 Å². The second-order valence-electron chi connectivity index (χ2n) is 7.45. The summed E-state index contributed by atoms with van der Waals surface area (Å²) in [7, 11) is 0. The number of carbonyl (C=O) groups excluding carboxylic acids is 2. The Morgan fingerprint density at radius 1 is 1.29 bits per heavy atom. The molecule has 0 spiro atoms. The number of hydrogen-bond acceptors (Lipinski definition) is 5. The van der Waals surface area contributed by atoms with Crippen LogP contribution in [0.5, 0.6) is 0 Å². The molecule has 1 aliphatic heterocycles. The van der Waals surface area contributed by atoms with Gasteiger partial charge in [0.1, 0.15) is 5.54 Å². The number of aryl methyl sites for hydroxylation is 1. The van der Waals surface area contributed by atoms with E-state index >= 15 is 0 Å². The van der Waals surface area contributed by atoms with E-state index < -0.39 is 5.54 Å². The van der Waals surface area contributed by atoms with Gasteiger partial charge < -0.3 is 14.7 Å². The van der Waals surface area contributed by atoms with Crippen molar-refractivity contribution in [2.24, 2.45) is 5.92 Å². The van der Waals surface area contributed by atoms with Crippen molar-refractivity contribution in [2.45, 2.75) is 69.9 Å². The molecule has 24 heavy (non-hydrogen) atoms. The molecule has 3 fully saturated rings. The lowest BCUT2D eigenvalue weighted by atomic mass is 9.75. The molecule has 0 bridgehead atoms. The van der Waals surface area contributed by atoms with Gasteiger partial charge in [0, 0.05) is 25.9 Å². The molecule has 2 saturated carbocycles. The van der Waals surface area contributed by atoms with Gasteiger partial charge in [0.25, 0.3) is 0 Å². The first-order chi connectivity index (χ1) is 11.6. The molecule has 1 aromatic rings. The van der Waals surface area contributed by atoms with Gasteiger partial charge in [-0.1, -0.05) is 18.0 Å². The van der Waals surface area contributed by atoms with Crippen LogP contribution in [0.15, 0.2) is 4.52 Å². The maximum atomic E-state index is 12.8. The third-order valence-corrected chi connectivity index (χ3v) is 5.82. The molecule has 7 nitrogen and oxygen atoms in total. The first-order valence-corrected chi connectivity index (χ1v) is 9.00. The van der Waals surface area contributed by atoms with E-state index in [1.165, 1.54) is 12.8 Å². The second kappa shape index (κ2) is 5.86. The summed E-state index contributed by atoms with van der Waals surface area (Å²) >= 11 is 0. The van der Waals surface area contributed by atoms with Gasteiger partial charge in [-0.05, 0) is 32.1 Å². The van der Waals surface area contributed by atoms with E-state index in [9.17, 15) is 9.59 Å². The van der Waals surface area contributed by atoms with E-state index in [-0.39, 0.29) is 17.7 Å². The van der Waals surface area contributed by atoms with Gasteiger partial charge in [-0.25, -0.2) is 0 Å². The quantitative estimate of drug-likeness (QED) is 0.906. The number of aromatic nitrogens is 2. The number of nitrogens with one attached hydrogen (secondary N) is 1. The minimum absolute atomic E-state index is 0.0500. The summed E-state index contributed by atoms with van der Waals surface area (Å²) in [5.74, 6) is 0.889. The maximum absolute atomic E-state index is 12.8. The van der Waals surface area contributed by atoms with E-state index in [2.05, 4.69) is 15.5 Å². The largest absolute Gasteiger partial charge is 0.343 e. The number of nitrogens with zero attached hydrogens (tertiary/aromatic N) is 3. The van der Waals surface area contributed by atoms with Crippen LogP contribution in [0, 0.1) is 12.8 Å². The lowest BCUT2D eigenvalue weighted by molar-refractivity contribution is -0.131. The van der Waals surface area contributed by atoms with Crippen LogP contribution in [0.25, 0.3) is 0 Å². The molecule has 2 aliphatic carbocycles. The van der Waals surface area contributed by atoms with Crippen LogP contribution < -0.4 is 5.32 Å². The Kier molecular flexibility index (Phi) is 3.81. The number of rotatable bonds is 4. The Morgan fingerprint density at radius 2 is 2.04 bits per heavy atom. The van der Waals surface area contributed by atoms with Crippen molar-refractivity contribution >= 4 is 11.8 Å². The normalized spacial score (nSPS) is 26.6. The maximum Gasteiger partial charge on any atom is 0.226 e. The van der Waals surface area contributed by atoms with Crippen molar-refractivity contribution in [3.63, 3.8) is 0 Å². The van der Waals surface area contributed by atoms with Crippen molar-refractivity contribution in [3.05, 3.63) is 11.7 Å². The van der Waals surface area contributed by atoms with Crippen molar-refractivity contribution in [2.75, 3.05) is 6.54 Å². The van der Waals surface area contributed by atoms with Crippen LogP contribution in [0.3, 0.4) is 0 Å². The SMILES string of the molecule is Cc1nc(C2(NC(=O)C3CC(=O)N(C4CCCC4)C3)CCC2)no1. The molecule has 1 unspecified atom stereocenters. The zero-order valence-electron chi connectivity index (χ0n) is 14.1. The highest BCUT2D eigenvalue weighted by molar-refractivity contribution is 5.89. The van der Waals surface area contributed by atoms with Crippen LogP contribution in [-0.2, 0) is 15.1 Å². The standard InChI is InChI=1S/C17H24N4O3/c1-11-18-16(20-24-11)17(7-4-8-17)19-15(23)12-9-14(22)21(10-12)13-5-2-3-6-13/h12-13H,2-10H2,1H3,(H,19,23). The summed E-state index contributed by atoms with van der Waals surface area (Å²) in [6, 6.07) is 0.341. The van der Waals surface area contributed by atoms with Gasteiger partial charge in [-0.15, -0.1) is 0 Å². The van der Waals surface area contributed by atoms with E-state index in [4.69, 9.17) is 4.52 Å². The predicted octanol–water partition coefficient (Wildman–Crippen LogP) is 1.66. The highest BCUT2D eigenvalue weighted by atomic mass is 16.5. The molecule has 0 radical (unpaired) electrons. The molecular weight excluding hydrogens is 308 g/mol. The average molecular weight is 332 g/mol. The Balaban J connectivity index is 1.43. The Hall–Kier alpha value is -1.92. The lowest BCUT2D eigenvalue weighted by Gasteiger charge is -2.40. The van der Waals surface area contributed by atoms with Crippen LogP contribution in [0.2, 0.25) is 0 Å². The molecule has 130 valence electrons. The summed E-state index contributed by atoms with van der Waals surface area (Å²) < 4.78 is 5.08. The molecule has 3 aliphatic rings. The fraction of sp³-hybridized carbons (Fsp3) is 0.765. The monoisotopic (exact) mass is 332 g/mol. The topological polar surface area (TPSA) is 88.3 Å². The van der Waals surface area contributed by atoms with Gasteiger partial charge in [-0.3, -0.25) is 9.59 Å². The Labute approximate surface area is 141 Å². The van der Waals surface area contributed by atoms with Gasteiger partial charge in [0.2, 0.25) is 17.7 Å². The van der Waals surface area contributed by atoms with Gasteiger partial charge in [-0.2, -0.15) is 4.98 Å². The minimum atomic E-state index is -0.501. The summed E-state index contributed by atoms with van der Waals surface area (Å²) in [4.78, 5) is 31.3. The zero-order valence-corrected chi connectivity index (χ0v) is 14.1. The Bertz CT molecular complexity index is 646. The molecular formula is C17H24N4O3. The Morgan fingerprint density at radius 3 is 2.62 bits per heavy atom. The lowest BCUT2D eigenvalue weighted by Crippen LogP contribution is -2.53. The van der Waals surface area contributed by atoms with Gasteiger partial charge >= 0.3 is 0 Å². The third-order valence-electron chi connectivity index (χ3n) is 5.82. The molecule has 1 N–H and O–H groups in total. The molecule has 1 atom stereocenters. The first kappa shape index (κ1) is 15.6. The zero-order chi connectivity index (χ0) is 16.7. The van der Waals surface area contributed by atoms with Crippen molar-refractivity contribution in [1.29, 1.82) is 0 Å². The average Bonchev–Trinajstić information content (AvgIpc) is 3.23. The predicted molar refractivity (Wildman–Crippen MR) is 84.8 cm³/mol. The van der Waals surface area contributed by atoms with Crippen LogP contribution in [0.1, 0.15) is 63.1 Å². The second-order valence-corrected chi connectivity index (χ2v) is 7.45. The minimum Gasteiger partial charge on any atom is -0.343 e. The van der Waals surface area contributed by atoms with Crippen molar-refractivity contribution in [1.82, 2.24) is 20.4 Å². The van der Waals surface area contributed by atoms with Crippen molar-refractivity contribution in [3.8, 4) is 0 Å². The number of hydrogen-bond donors (Lipinski definition) is 1. The molecule has 4 rings (SSSR count). The fourth-order valence-corrected chi connectivity index (χ4v) is 4.24. The fourth-order valence-electron chi connectivity index (χ4n) is 4.24. The third kappa shape index (κ3) is 2.59. The summed E-state index contributed by atoms with van der Waals surface area (Å²) in [5.41, 5.74) is -0.501. The number of likely N-dealkylation sites (tertiary alicyclic amines) is 1. The van der Waals surface area contributed by atoms with Gasteiger partial charge in [0.15, 0.2) is 5.82 Å². The molecule has 2 heterocycles. The molecule has 0 aromatic carbocycles. The summed E-state index contributed by atoms with van der Waals surface area (Å²) in [6.07, 6.45) is 7.53. The van der Waals surface area contributed by atoms with Gasteiger partial charge in [0.05, 0.1) is 5.92 Å². The highest BCUT2D eigenvalue weighted by Crippen LogP contribution is 2.40. The van der Waals surface area contributed by atoms with Crippen LogP contribution >= 0.6 is 0 Å². The summed E-state index contributed by atoms with van der Waals surface area (Å²) in [5, 5.41) is 7.13. The summed E-state index contributed by atoms with van der Waals surface area (Å²) in [6.45, 7) is 2.30. The number of amides is 2. The first-order valence-electron chi connectivity index (χ1n) is 9.00. The van der Waals surface area contributed by atoms with Crippen LogP contribution in [-0.4, -0.2) is 39.4 Å². The van der Waals surface area contributed by atoms with Crippen molar-refractivity contribution < 1.29 is 14.1 Å². The van der Waals surface area contributed by atoms with E-state index in [0.29, 0.717) is 30.7 Å². The molecule has 1 saturated heterocycles. The van der Waals surface area contributed by atoms with E-state index in [0.717, 1.165) is 32.1 Å². The molecule has 7 heteroatoms. The van der Waals surface area contributed by atoms with E-state index in [1.807, 2.05) is 4.90 Å².